The zero-order valence-corrected chi connectivity index (χ0v) is 8.39. The van der Waals surface area contributed by atoms with E-state index in [1.54, 1.807) is 0 Å². The van der Waals surface area contributed by atoms with E-state index in [0.29, 0.717) is 0 Å². The predicted octanol–water partition coefficient (Wildman–Crippen LogP) is 2.80. The molecular weight excluding hydrogens is 157 g/mol. The molecule has 0 radical (unpaired) electrons. The van der Waals surface area contributed by atoms with Crippen molar-refractivity contribution in [2.45, 2.75) is 26.2 Å². The van der Waals surface area contributed by atoms with E-state index in [0.717, 1.165) is 0 Å². The molecule has 0 saturated carbocycles. The van der Waals surface area contributed by atoms with E-state index in [-0.39, 0.29) is 5.41 Å². The van der Waals surface area contributed by atoms with Crippen LogP contribution in [0.2, 0.25) is 0 Å². The van der Waals surface area contributed by atoms with Gasteiger partial charge in [-0.05, 0) is 0 Å². The van der Waals surface area contributed by atoms with E-state index in [4.69, 9.17) is 0 Å². The summed E-state index contributed by atoms with van der Waals surface area (Å²) in [6, 6.07) is 4.26. The molecule has 66 valence electrons. The van der Waals surface area contributed by atoms with E-state index in [1.165, 1.54) is 16.4 Å². The Morgan fingerprint density at radius 1 is 1.31 bits per heavy atom. The van der Waals surface area contributed by atoms with E-state index in [1.807, 2.05) is 0 Å². The summed E-state index contributed by atoms with van der Waals surface area (Å²) in [5.41, 5.74) is 2.84. The van der Waals surface area contributed by atoms with Crippen LogP contribution in [0, 0.1) is 0 Å². The summed E-state index contributed by atoms with van der Waals surface area (Å²) in [7, 11) is 0. The van der Waals surface area contributed by atoms with Crippen molar-refractivity contribution in [3.8, 4) is 0 Å². The van der Waals surface area contributed by atoms with Crippen molar-refractivity contribution in [1.29, 1.82) is 0 Å². The van der Waals surface area contributed by atoms with E-state index < -0.39 is 0 Å². The molecule has 2 aromatic heterocycles. The molecule has 0 spiro atoms. The van der Waals surface area contributed by atoms with E-state index in [2.05, 4.69) is 57.0 Å². The van der Waals surface area contributed by atoms with Crippen LogP contribution in [-0.4, -0.2) is 11.9 Å². The van der Waals surface area contributed by atoms with Crippen LogP contribution in [0.3, 0.4) is 0 Å². The molecule has 0 saturated heterocycles. The number of H-pyrrole nitrogens is 1. The molecule has 2 aromatic rings. The van der Waals surface area contributed by atoms with Gasteiger partial charge in [-0.3, -0.25) is 0 Å². The van der Waals surface area contributed by atoms with Crippen molar-refractivity contribution in [3.63, 3.8) is 0 Å². The average molecular weight is 171 g/mol. The molecule has 0 bridgehead atoms. The van der Waals surface area contributed by atoms with Crippen molar-refractivity contribution in [2.24, 2.45) is 0 Å². The van der Waals surface area contributed by atoms with Gasteiger partial charge in [0.05, 0.1) is 0 Å². The van der Waals surface area contributed by atoms with Gasteiger partial charge in [-0.1, -0.05) is 0 Å². The normalized spacial score (nSPS) is 11.9. The van der Waals surface area contributed by atoms with Crippen molar-refractivity contribution in [1.82, 2.24) is 4.98 Å². The standard InChI is InChI=1S/C11H14BN/c1-11(2,3)9-7-13-10-8(9)5-4-6-12-10/h4-7,13H,1-3H3. The minimum absolute atomic E-state index is 0.222. The Labute approximate surface area is 79.4 Å². The summed E-state index contributed by atoms with van der Waals surface area (Å²) in [6.45, 7) is 8.83. The fraction of sp³-hybridized carbons (Fsp3) is 0.364. The number of nitrogens with one attached hydrogen (secondary N) is 1. The summed E-state index contributed by atoms with van der Waals surface area (Å²) in [4.78, 5) is 3.29. The monoisotopic (exact) mass is 171 g/mol. The van der Waals surface area contributed by atoms with Crippen LogP contribution in [0.5, 0.6) is 0 Å². The number of rotatable bonds is 0. The second-order valence-corrected chi connectivity index (χ2v) is 4.50. The van der Waals surface area contributed by atoms with Gasteiger partial charge in [-0.25, -0.2) is 0 Å². The number of hydrogen-bond donors (Lipinski definition) is 1. The number of fused-ring (bicyclic) bond motifs is 1. The molecule has 1 nitrogen and oxygen atoms in total. The Bertz CT molecular complexity index is 423. The molecule has 0 aromatic carbocycles. The molecule has 0 amide bonds. The third kappa shape index (κ3) is 1.41. The van der Waals surface area contributed by atoms with Crippen molar-refractivity contribution >= 4 is 17.7 Å². The first-order chi connectivity index (χ1) is 6.09. The SMILES string of the molecule is CC(C)(C)c1c[nH]c2bcccc12. The average Bonchev–Trinajstić information content (AvgIpc) is 2.45. The molecule has 13 heavy (non-hydrogen) atoms. The second-order valence-electron chi connectivity index (χ2n) is 4.50. The third-order valence-corrected chi connectivity index (χ3v) is 2.40. The van der Waals surface area contributed by atoms with Gasteiger partial charge < -0.3 is 0 Å². The van der Waals surface area contributed by atoms with Gasteiger partial charge in [0, 0.05) is 0 Å². The van der Waals surface area contributed by atoms with Crippen LogP contribution < -0.4 is 0 Å². The van der Waals surface area contributed by atoms with Crippen LogP contribution >= 0.6 is 0 Å². The molecular formula is C11H14BN. The number of aromatic amines is 1. The molecule has 2 rings (SSSR count). The van der Waals surface area contributed by atoms with Crippen molar-refractivity contribution < 1.29 is 0 Å². The summed E-state index contributed by atoms with van der Waals surface area (Å²) in [6.07, 6.45) is 2.12. The molecule has 0 atom stereocenters. The molecule has 2 heterocycles. The molecule has 0 fully saturated rings. The van der Waals surface area contributed by atoms with Crippen LogP contribution in [0.4, 0.5) is 0 Å². The van der Waals surface area contributed by atoms with Gasteiger partial charge in [-0.2, -0.15) is 0 Å². The Hall–Kier alpha value is -1.05. The first-order valence-electron chi connectivity index (χ1n) is 4.65. The maximum absolute atomic E-state index is 3.29. The Morgan fingerprint density at radius 3 is 2.77 bits per heavy atom. The first kappa shape index (κ1) is 8.55. The van der Waals surface area contributed by atoms with Gasteiger partial charge in [0.25, 0.3) is 0 Å². The van der Waals surface area contributed by atoms with E-state index in [9.17, 15) is 0 Å². The number of aromatic nitrogens is 1. The van der Waals surface area contributed by atoms with Gasteiger partial charge in [0.2, 0.25) is 0 Å². The zero-order valence-electron chi connectivity index (χ0n) is 8.39. The molecule has 0 unspecified atom stereocenters. The fourth-order valence-corrected chi connectivity index (χ4v) is 1.69. The molecule has 2 heteroatoms. The first-order valence-corrected chi connectivity index (χ1v) is 4.65. The van der Waals surface area contributed by atoms with Crippen LogP contribution in [-0.2, 0) is 5.41 Å². The van der Waals surface area contributed by atoms with Gasteiger partial charge >= 0.3 is 78.7 Å². The second kappa shape index (κ2) is 2.73. The Morgan fingerprint density at radius 2 is 2.08 bits per heavy atom. The quantitative estimate of drug-likeness (QED) is 0.627. The fourth-order valence-electron chi connectivity index (χ4n) is 1.69. The summed E-state index contributed by atoms with van der Waals surface area (Å²) in [5.74, 6) is 2.06. The summed E-state index contributed by atoms with van der Waals surface area (Å²) in [5, 5.41) is 1.34. The molecule has 0 aliphatic heterocycles. The van der Waals surface area contributed by atoms with Crippen molar-refractivity contribution in [2.75, 3.05) is 0 Å². The van der Waals surface area contributed by atoms with Crippen LogP contribution in [0.15, 0.2) is 24.3 Å². The van der Waals surface area contributed by atoms with Gasteiger partial charge in [0.15, 0.2) is 0 Å². The van der Waals surface area contributed by atoms with Gasteiger partial charge in [0.1, 0.15) is 0 Å². The zero-order chi connectivity index (χ0) is 9.47. The molecule has 0 aliphatic carbocycles. The Balaban J connectivity index is 2.72. The topological polar surface area (TPSA) is 15.8 Å². The minimum atomic E-state index is 0.222. The van der Waals surface area contributed by atoms with Crippen LogP contribution in [0.25, 0.3) is 10.8 Å². The van der Waals surface area contributed by atoms with E-state index >= 15 is 0 Å². The Kier molecular flexibility index (Phi) is 1.79. The predicted molar refractivity (Wildman–Crippen MR) is 58.3 cm³/mol. The summed E-state index contributed by atoms with van der Waals surface area (Å²) >= 11 is 0. The third-order valence-electron chi connectivity index (χ3n) is 2.40. The van der Waals surface area contributed by atoms with Crippen LogP contribution in [0.1, 0.15) is 26.3 Å². The maximum atomic E-state index is 3.29. The molecule has 0 aliphatic rings. The molecule has 1 N–H and O–H groups in total. The van der Waals surface area contributed by atoms with Gasteiger partial charge in [-0.15, -0.1) is 0 Å². The summed E-state index contributed by atoms with van der Waals surface area (Å²) < 4.78 is 0. The van der Waals surface area contributed by atoms with Crippen molar-refractivity contribution in [3.05, 3.63) is 29.9 Å². The number of hydrogen-bond acceptors (Lipinski definition) is 0.